The highest BCUT2D eigenvalue weighted by atomic mass is 32.2. The number of aromatic nitrogens is 2. The Morgan fingerprint density at radius 3 is 2.18 bits per heavy atom. The lowest BCUT2D eigenvalue weighted by Crippen LogP contribution is -2.65. The standard InChI is InChI=1S/C30H45FN2O8SSi2/c1-10-37-27-15-16-33(30(34)32-27)29-23(18-42(35,36)26-14-12-11-13-24(26)31)28-25(39-29)17-38-43(19(2)3,20(4)5)41-44(40-28,21(6)7)22(8)9/h11-16,18-22,25,28-29H,10,17H2,1-9H3/t25-,28+,29?/m1/s1. The summed E-state index contributed by atoms with van der Waals surface area (Å²) in [6.07, 6.45) is -1.51. The Morgan fingerprint density at radius 2 is 1.64 bits per heavy atom. The molecule has 0 spiro atoms. The van der Waals surface area contributed by atoms with Gasteiger partial charge in [0.15, 0.2) is 6.23 Å². The molecular weight excluding hydrogens is 624 g/mol. The molecule has 0 aliphatic carbocycles. The molecule has 2 aromatic rings. The van der Waals surface area contributed by atoms with Gasteiger partial charge in [0.05, 0.1) is 13.2 Å². The fraction of sp³-hybridized carbons (Fsp3) is 0.600. The summed E-state index contributed by atoms with van der Waals surface area (Å²) in [5, 5.41) is 0.973. The maximum absolute atomic E-state index is 14.8. The first-order chi connectivity index (χ1) is 20.6. The van der Waals surface area contributed by atoms with Crippen LogP contribution in [0.2, 0.25) is 22.2 Å². The lowest BCUT2D eigenvalue weighted by atomic mass is 10.1. The van der Waals surface area contributed by atoms with Gasteiger partial charge in [-0.25, -0.2) is 17.6 Å². The Bertz CT molecular complexity index is 1510. The Labute approximate surface area is 262 Å². The first-order valence-electron chi connectivity index (χ1n) is 15.2. The SMILES string of the molecule is CCOc1ccn(C2O[C@@H]3CO[Si](C(C)C)(C(C)C)O[Si](C(C)C)(C(C)C)O[C@H]3C2=CS(=O)(=O)c2ccccc2F)c(=O)n1. The molecule has 14 heteroatoms. The fourth-order valence-electron chi connectivity index (χ4n) is 6.14. The third-order valence-corrected chi connectivity index (χ3v) is 20.1. The molecule has 1 aromatic heterocycles. The van der Waals surface area contributed by atoms with E-state index in [9.17, 15) is 17.6 Å². The van der Waals surface area contributed by atoms with E-state index in [2.05, 4.69) is 60.4 Å². The number of ether oxygens (including phenoxy) is 2. The molecule has 2 saturated heterocycles. The van der Waals surface area contributed by atoms with Crippen LogP contribution < -0.4 is 10.4 Å². The third kappa shape index (κ3) is 6.39. The van der Waals surface area contributed by atoms with E-state index in [1.54, 1.807) is 6.92 Å². The Morgan fingerprint density at radius 1 is 1.02 bits per heavy atom. The average Bonchev–Trinajstić information content (AvgIpc) is 3.23. The molecule has 2 fully saturated rings. The van der Waals surface area contributed by atoms with E-state index in [0.29, 0.717) is 6.61 Å². The molecule has 0 saturated carbocycles. The highest BCUT2D eigenvalue weighted by Crippen LogP contribution is 2.49. The maximum atomic E-state index is 14.8. The molecule has 0 N–H and O–H groups in total. The predicted octanol–water partition coefficient (Wildman–Crippen LogP) is 5.99. The van der Waals surface area contributed by atoms with Crippen molar-refractivity contribution in [1.82, 2.24) is 9.55 Å². The maximum Gasteiger partial charge on any atom is 0.353 e. The number of halogens is 1. The van der Waals surface area contributed by atoms with Crippen LogP contribution in [-0.4, -0.2) is 60.5 Å². The summed E-state index contributed by atoms with van der Waals surface area (Å²) in [7, 11) is -10.5. The molecule has 0 radical (unpaired) electrons. The quantitative estimate of drug-likeness (QED) is 0.297. The summed E-state index contributed by atoms with van der Waals surface area (Å²) < 4.78 is 76.6. The van der Waals surface area contributed by atoms with Crippen LogP contribution in [-0.2, 0) is 27.5 Å². The highest BCUT2D eigenvalue weighted by molar-refractivity contribution is 7.94. The molecule has 4 rings (SSSR count). The van der Waals surface area contributed by atoms with Gasteiger partial charge in [-0.05, 0) is 41.2 Å². The molecule has 10 nitrogen and oxygen atoms in total. The minimum atomic E-state index is -4.36. The van der Waals surface area contributed by atoms with Crippen LogP contribution in [0, 0.1) is 5.82 Å². The van der Waals surface area contributed by atoms with Gasteiger partial charge in [0.2, 0.25) is 15.7 Å². The van der Waals surface area contributed by atoms with Crippen LogP contribution in [0.1, 0.15) is 68.5 Å². The molecule has 244 valence electrons. The van der Waals surface area contributed by atoms with Crippen molar-refractivity contribution in [3.63, 3.8) is 0 Å². The second-order valence-electron chi connectivity index (χ2n) is 12.5. The summed E-state index contributed by atoms with van der Waals surface area (Å²) in [5.41, 5.74) is -0.497. The van der Waals surface area contributed by atoms with E-state index in [-0.39, 0.29) is 40.2 Å². The van der Waals surface area contributed by atoms with E-state index in [4.69, 9.17) is 22.4 Å². The van der Waals surface area contributed by atoms with E-state index in [1.165, 1.54) is 35.0 Å². The molecule has 0 bridgehead atoms. The molecule has 0 amide bonds. The van der Waals surface area contributed by atoms with Crippen molar-refractivity contribution in [2.24, 2.45) is 0 Å². The van der Waals surface area contributed by atoms with Crippen molar-refractivity contribution in [3.05, 3.63) is 63.8 Å². The van der Waals surface area contributed by atoms with Gasteiger partial charge < -0.3 is 22.4 Å². The predicted molar refractivity (Wildman–Crippen MR) is 169 cm³/mol. The topological polar surface area (TPSA) is 115 Å². The number of hydrogen-bond donors (Lipinski definition) is 0. The van der Waals surface area contributed by atoms with Gasteiger partial charge in [-0.3, -0.25) is 4.57 Å². The number of benzene rings is 1. The van der Waals surface area contributed by atoms with E-state index in [0.717, 1.165) is 11.5 Å². The van der Waals surface area contributed by atoms with Crippen molar-refractivity contribution in [3.8, 4) is 5.88 Å². The Kier molecular flexibility index (Phi) is 10.4. The van der Waals surface area contributed by atoms with Gasteiger partial charge in [0.25, 0.3) is 0 Å². The minimum absolute atomic E-state index is 0.0486. The number of hydrogen-bond acceptors (Lipinski definition) is 9. The lowest BCUT2D eigenvalue weighted by molar-refractivity contribution is -0.0562. The van der Waals surface area contributed by atoms with E-state index >= 15 is 0 Å². The van der Waals surface area contributed by atoms with Crippen LogP contribution in [0.15, 0.2) is 57.2 Å². The Hall–Kier alpha value is -2.21. The van der Waals surface area contributed by atoms with Crippen molar-refractivity contribution in [2.45, 2.75) is 108 Å². The molecule has 3 heterocycles. The van der Waals surface area contributed by atoms with Crippen LogP contribution >= 0.6 is 0 Å². The van der Waals surface area contributed by atoms with Gasteiger partial charge in [-0.1, -0.05) is 67.5 Å². The zero-order chi connectivity index (χ0) is 32.6. The number of fused-ring (bicyclic) bond motifs is 1. The monoisotopic (exact) mass is 668 g/mol. The van der Waals surface area contributed by atoms with E-state index in [1.807, 2.05) is 0 Å². The number of sulfone groups is 1. The van der Waals surface area contributed by atoms with Crippen LogP contribution in [0.4, 0.5) is 4.39 Å². The summed E-state index contributed by atoms with van der Waals surface area (Å²) in [6.45, 7) is 18.7. The third-order valence-electron chi connectivity index (χ3n) is 8.36. The van der Waals surface area contributed by atoms with Gasteiger partial charge in [-0.15, -0.1) is 0 Å². The second kappa shape index (κ2) is 13.3. The van der Waals surface area contributed by atoms with Crippen molar-refractivity contribution in [1.29, 1.82) is 0 Å². The zero-order valence-electron chi connectivity index (χ0n) is 26.9. The van der Waals surface area contributed by atoms with Crippen molar-refractivity contribution < 1.29 is 35.2 Å². The summed E-state index contributed by atoms with van der Waals surface area (Å²) in [6, 6.07) is 6.66. The average molecular weight is 669 g/mol. The molecule has 1 aromatic carbocycles. The molecule has 2 aliphatic rings. The first-order valence-corrected chi connectivity index (χ1v) is 20.7. The first kappa shape index (κ1) is 34.7. The second-order valence-corrected chi connectivity index (χ2v) is 23.1. The molecule has 1 unspecified atom stereocenters. The number of rotatable bonds is 9. The molecule has 3 atom stereocenters. The summed E-state index contributed by atoms with van der Waals surface area (Å²) in [4.78, 5) is 16.8. The zero-order valence-corrected chi connectivity index (χ0v) is 29.8. The largest absolute Gasteiger partial charge is 0.478 e. The lowest BCUT2D eigenvalue weighted by Gasteiger charge is -2.51. The smallest absolute Gasteiger partial charge is 0.353 e. The van der Waals surface area contributed by atoms with Crippen molar-refractivity contribution >= 4 is 27.0 Å². The highest BCUT2D eigenvalue weighted by Gasteiger charge is 2.61. The van der Waals surface area contributed by atoms with Crippen molar-refractivity contribution in [2.75, 3.05) is 13.2 Å². The summed E-state index contributed by atoms with van der Waals surface area (Å²) in [5.74, 6) is -0.759. The van der Waals surface area contributed by atoms with Crippen LogP contribution in [0.5, 0.6) is 5.88 Å². The fourth-order valence-corrected chi connectivity index (χ4v) is 18.7. The minimum Gasteiger partial charge on any atom is -0.478 e. The van der Waals surface area contributed by atoms with Gasteiger partial charge in [0.1, 0.15) is 22.9 Å². The molecule has 44 heavy (non-hydrogen) atoms. The van der Waals surface area contributed by atoms with Gasteiger partial charge in [-0.2, -0.15) is 4.98 Å². The van der Waals surface area contributed by atoms with Gasteiger partial charge in [0, 0.05) is 23.2 Å². The van der Waals surface area contributed by atoms with Gasteiger partial charge >= 0.3 is 22.8 Å². The molecule has 2 aliphatic heterocycles. The van der Waals surface area contributed by atoms with Crippen LogP contribution in [0.25, 0.3) is 0 Å². The molecular formula is C30H45FN2O8SSi2. The Balaban J connectivity index is 1.96. The normalized spacial score (nSPS) is 24.6. The van der Waals surface area contributed by atoms with Crippen LogP contribution in [0.3, 0.4) is 0 Å². The summed E-state index contributed by atoms with van der Waals surface area (Å²) >= 11 is 0. The van der Waals surface area contributed by atoms with E-state index < -0.39 is 61.8 Å². The number of nitrogens with zero attached hydrogens (tertiary/aromatic N) is 2.